The van der Waals surface area contributed by atoms with Crippen LogP contribution in [-0.2, 0) is 19.5 Å². The first-order valence-electron chi connectivity index (χ1n) is 4.40. The lowest BCUT2D eigenvalue weighted by Crippen LogP contribution is -2.35. The van der Waals surface area contributed by atoms with E-state index >= 15 is 0 Å². The average Bonchev–Trinajstić information content (AvgIpc) is 2.45. The van der Waals surface area contributed by atoms with E-state index < -0.39 is 0 Å². The van der Waals surface area contributed by atoms with Gasteiger partial charge in [-0.3, -0.25) is 0 Å². The SMILES string of the molecule is CCc1n(CC)cc[n+]1CC. The molecule has 0 radical (unpaired) electrons. The number of hydrogen-bond acceptors (Lipinski definition) is 0. The molecule has 0 aromatic carbocycles. The maximum atomic E-state index is 2.30. The van der Waals surface area contributed by atoms with Gasteiger partial charge in [0.2, 0.25) is 0 Å². The molecular weight excluding hydrogens is 136 g/mol. The Hall–Kier alpha value is -0.790. The molecule has 0 bridgehead atoms. The highest BCUT2D eigenvalue weighted by atomic mass is 15.1. The zero-order valence-corrected chi connectivity index (χ0v) is 7.67. The van der Waals surface area contributed by atoms with Gasteiger partial charge in [-0.15, -0.1) is 0 Å². The van der Waals surface area contributed by atoms with Gasteiger partial charge in [0.1, 0.15) is 12.4 Å². The van der Waals surface area contributed by atoms with Gasteiger partial charge in [-0.1, -0.05) is 6.92 Å². The molecule has 0 saturated carbocycles. The third-order valence-electron chi connectivity index (χ3n) is 2.09. The van der Waals surface area contributed by atoms with Crippen LogP contribution in [0.2, 0.25) is 0 Å². The second kappa shape index (κ2) is 3.56. The minimum Gasteiger partial charge on any atom is -0.235 e. The predicted molar refractivity (Wildman–Crippen MR) is 45.4 cm³/mol. The predicted octanol–water partition coefficient (Wildman–Crippen LogP) is 1.38. The van der Waals surface area contributed by atoms with Gasteiger partial charge < -0.3 is 0 Å². The van der Waals surface area contributed by atoms with Crippen molar-refractivity contribution in [2.45, 2.75) is 40.3 Å². The molecule has 1 rings (SSSR count). The van der Waals surface area contributed by atoms with E-state index in [1.54, 1.807) is 0 Å². The van der Waals surface area contributed by atoms with E-state index in [4.69, 9.17) is 0 Å². The maximum absolute atomic E-state index is 2.30. The van der Waals surface area contributed by atoms with Crippen molar-refractivity contribution in [3.05, 3.63) is 18.2 Å². The summed E-state index contributed by atoms with van der Waals surface area (Å²) >= 11 is 0. The van der Waals surface area contributed by atoms with Gasteiger partial charge in [-0.25, -0.2) is 9.13 Å². The van der Waals surface area contributed by atoms with Crippen LogP contribution in [-0.4, -0.2) is 4.57 Å². The van der Waals surface area contributed by atoms with E-state index in [9.17, 15) is 0 Å². The van der Waals surface area contributed by atoms with Crippen LogP contribution in [0.1, 0.15) is 26.6 Å². The quantitative estimate of drug-likeness (QED) is 0.580. The van der Waals surface area contributed by atoms with Crippen LogP contribution < -0.4 is 4.57 Å². The summed E-state index contributed by atoms with van der Waals surface area (Å²) in [5.41, 5.74) is 0. The van der Waals surface area contributed by atoms with Crippen molar-refractivity contribution in [1.29, 1.82) is 0 Å². The average molecular weight is 153 g/mol. The van der Waals surface area contributed by atoms with Crippen LogP contribution in [0.25, 0.3) is 0 Å². The van der Waals surface area contributed by atoms with E-state index in [1.807, 2.05) is 0 Å². The Labute approximate surface area is 68.5 Å². The largest absolute Gasteiger partial charge is 0.256 e. The lowest BCUT2D eigenvalue weighted by Gasteiger charge is -1.97. The van der Waals surface area contributed by atoms with Crippen LogP contribution >= 0.6 is 0 Å². The molecule has 62 valence electrons. The van der Waals surface area contributed by atoms with E-state index in [-0.39, 0.29) is 0 Å². The summed E-state index contributed by atoms with van der Waals surface area (Å²) in [6.07, 6.45) is 5.43. The van der Waals surface area contributed by atoms with Crippen molar-refractivity contribution >= 4 is 0 Å². The Morgan fingerprint density at radius 2 is 2.09 bits per heavy atom. The highest BCUT2D eigenvalue weighted by Gasteiger charge is 2.10. The molecule has 0 aliphatic carbocycles. The minimum atomic E-state index is 1.08. The monoisotopic (exact) mass is 153 g/mol. The molecule has 1 aromatic heterocycles. The highest BCUT2D eigenvalue weighted by molar-refractivity contribution is 4.82. The van der Waals surface area contributed by atoms with Gasteiger partial charge in [0, 0.05) is 6.42 Å². The van der Waals surface area contributed by atoms with Crippen molar-refractivity contribution in [3.8, 4) is 0 Å². The van der Waals surface area contributed by atoms with Crippen LogP contribution in [0.5, 0.6) is 0 Å². The van der Waals surface area contributed by atoms with Gasteiger partial charge in [-0.05, 0) is 13.8 Å². The zero-order valence-electron chi connectivity index (χ0n) is 7.67. The number of aromatic nitrogens is 2. The van der Waals surface area contributed by atoms with Gasteiger partial charge in [0.25, 0.3) is 5.82 Å². The molecule has 0 amide bonds. The van der Waals surface area contributed by atoms with Gasteiger partial charge >= 0.3 is 0 Å². The van der Waals surface area contributed by atoms with Crippen LogP contribution in [0, 0.1) is 0 Å². The molecule has 2 heteroatoms. The molecule has 1 heterocycles. The molecule has 1 aromatic rings. The summed E-state index contributed by atoms with van der Waals surface area (Å²) in [6, 6.07) is 0. The minimum absolute atomic E-state index is 1.08. The first-order valence-corrected chi connectivity index (χ1v) is 4.40. The second-order valence-corrected chi connectivity index (χ2v) is 2.64. The Bertz CT molecular complexity index is 204. The number of rotatable bonds is 3. The van der Waals surface area contributed by atoms with Crippen LogP contribution in [0.3, 0.4) is 0 Å². The molecule has 11 heavy (non-hydrogen) atoms. The van der Waals surface area contributed by atoms with Crippen molar-refractivity contribution in [3.63, 3.8) is 0 Å². The lowest BCUT2D eigenvalue weighted by atomic mass is 10.4. The summed E-state index contributed by atoms with van der Waals surface area (Å²) in [7, 11) is 0. The molecular formula is C9H17N2+. The summed E-state index contributed by atoms with van der Waals surface area (Å²) in [6.45, 7) is 8.72. The standard InChI is InChI=1S/C9H17N2/c1-4-9-10(5-2)7-8-11(9)6-3/h7-8H,4-6H2,1-3H3/q+1. The Morgan fingerprint density at radius 1 is 1.36 bits per heavy atom. The number of imidazole rings is 1. The number of hydrogen-bond donors (Lipinski definition) is 0. The number of aryl methyl sites for hydroxylation is 2. The molecule has 0 aliphatic rings. The Morgan fingerprint density at radius 3 is 2.55 bits per heavy atom. The summed E-state index contributed by atoms with van der Waals surface area (Å²) < 4.78 is 4.59. The van der Waals surface area contributed by atoms with Gasteiger partial charge in [0.15, 0.2) is 0 Å². The Balaban J connectivity index is 2.99. The van der Waals surface area contributed by atoms with Gasteiger partial charge in [-0.2, -0.15) is 0 Å². The first kappa shape index (κ1) is 8.31. The smallest absolute Gasteiger partial charge is 0.235 e. The van der Waals surface area contributed by atoms with Crippen LogP contribution in [0.15, 0.2) is 12.4 Å². The van der Waals surface area contributed by atoms with Gasteiger partial charge in [0.05, 0.1) is 13.1 Å². The van der Waals surface area contributed by atoms with Crippen molar-refractivity contribution in [2.75, 3.05) is 0 Å². The van der Waals surface area contributed by atoms with E-state index in [2.05, 4.69) is 42.3 Å². The van der Waals surface area contributed by atoms with E-state index in [0.717, 1.165) is 19.5 Å². The second-order valence-electron chi connectivity index (χ2n) is 2.64. The molecule has 0 aliphatic heterocycles. The summed E-state index contributed by atoms with van der Waals surface area (Å²) in [4.78, 5) is 0. The van der Waals surface area contributed by atoms with E-state index in [1.165, 1.54) is 5.82 Å². The first-order chi connectivity index (χ1) is 5.33. The summed E-state index contributed by atoms with van der Waals surface area (Å²) in [5, 5.41) is 0. The molecule has 0 atom stereocenters. The molecule has 0 saturated heterocycles. The van der Waals surface area contributed by atoms with Crippen molar-refractivity contribution in [1.82, 2.24) is 4.57 Å². The zero-order chi connectivity index (χ0) is 8.27. The fourth-order valence-corrected chi connectivity index (χ4v) is 1.48. The fourth-order valence-electron chi connectivity index (χ4n) is 1.48. The molecule has 2 nitrogen and oxygen atoms in total. The highest BCUT2D eigenvalue weighted by Crippen LogP contribution is 1.95. The van der Waals surface area contributed by atoms with E-state index in [0.29, 0.717) is 0 Å². The number of nitrogens with zero attached hydrogens (tertiary/aromatic N) is 2. The molecule has 0 unspecified atom stereocenters. The third kappa shape index (κ3) is 1.44. The molecule has 0 spiro atoms. The fraction of sp³-hybridized carbons (Fsp3) is 0.667. The normalized spacial score (nSPS) is 10.5. The van der Waals surface area contributed by atoms with Crippen molar-refractivity contribution in [2.24, 2.45) is 0 Å². The lowest BCUT2D eigenvalue weighted by molar-refractivity contribution is -0.700. The Kier molecular flexibility index (Phi) is 2.69. The topological polar surface area (TPSA) is 8.81 Å². The third-order valence-corrected chi connectivity index (χ3v) is 2.09. The molecule has 0 N–H and O–H groups in total. The summed E-state index contributed by atoms with van der Waals surface area (Å²) in [5.74, 6) is 1.43. The van der Waals surface area contributed by atoms with Crippen molar-refractivity contribution < 1.29 is 4.57 Å². The van der Waals surface area contributed by atoms with Crippen LogP contribution in [0.4, 0.5) is 0 Å². The molecule has 0 fully saturated rings. The maximum Gasteiger partial charge on any atom is 0.256 e.